The number of ether oxygens (including phenoxy) is 1. The van der Waals surface area contributed by atoms with Crippen LogP contribution in [-0.2, 0) is 11.2 Å². The third kappa shape index (κ3) is 2.94. The molecule has 0 amide bonds. The Morgan fingerprint density at radius 1 is 1.27 bits per heavy atom. The Bertz CT molecular complexity index is 520. The molecule has 0 saturated carbocycles. The first kappa shape index (κ1) is 16.0. The highest BCUT2D eigenvalue weighted by Crippen LogP contribution is 2.37. The van der Waals surface area contributed by atoms with Crippen LogP contribution in [0.5, 0.6) is 0 Å². The Hall–Kier alpha value is -0.900. The predicted molar refractivity (Wildman–Crippen MR) is 91.3 cm³/mol. The zero-order valence-corrected chi connectivity index (χ0v) is 14.5. The van der Waals surface area contributed by atoms with E-state index in [0.717, 1.165) is 32.6 Å². The molecule has 2 atom stereocenters. The molecule has 1 aromatic carbocycles. The molecular weight excluding hydrogens is 272 g/mol. The maximum atomic E-state index is 5.59. The van der Waals surface area contributed by atoms with Crippen molar-refractivity contribution < 1.29 is 4.74 Å². The third-order valence-corrected chi connectivity index (χ3v) is 5.77. The number of nitrogens with zero attached hydrogens (tertiary/aromatic N) is 1. The van der Waals surface area contributed by atoms with Crippen molar-refractivity contribution in [2.75, 3.05) is 33.9 Å². The molecule has 22 heavy (non-hydrogen) atoms. The second-order valence-electron chi connectivity index (χ2n) is 7.47. The van der Waals surface area contributed by atoms with E-state index in [4.69, 9.17) is 4.74 Å². The molecule has 1 heterocycles. The summed E-state index contributed by atoms with van der Waals surface area (Å²) in [4.78, 5) is 2.40. The summed E-state index contributed by atoms with van der Waals surface area (Å²) in [5.74, 6) is 0.677. The van der Waals surface area contributed by atoms with E-state index >= 15 is 0 Å². The number of nitrogens with one attached hydrogen (secondary N) is 1. The lowest BCUT2D eigenvalue weighted by molar-refractivity contribution is -0.00886. The predicted octanol–water partition coefficient (Wildman–Crippen LogP) is 2.93. The minimum Gasteiger partial charge on any atom is -0.381 e. The molecule has 122 valence electrons. The van der Waals surface area contributed by atoms with Crippen LogP contribution in [0.15, 0.2) is 18.2 Å². The van der Waals surface area contributed by atoms with Gasteiger partial charge in [-0.3, -0.25) is 0 Å². The van der Waals surface area contributed by atoms with E-state index in [1.807, 2.05) is 0 Å². The Balaban J connectivity index is 1.74. The molecule has 0 unspecified atom stereocenters. The fraction of sp³-hybridized carbons (Fsp3) is 0.684. The van der Waals surface area contributed by atoms with Crippen LogP contribution in [-0.4, -0.2) is 44.3 Å². The van der Waals surface area contributed by atoms with Crippen molar-refractivity contribution in [3.63, 3.8) is 0 Å². The maximum absolute atomic E-state index is 5.59. The summed E-state index contributed by atoms with van der Waals surface area (Å²) >= 11 is 0. The van der Waals surface area contributed by atoms with Gasteiger partial charge >= 0.3 is 0 Å². The molecule has 1 fully saturated rings. The van der Waals surface area contributed by atoms with Crippen molar-refractivity contribution in [3.05, 3.63) is 34.9 Å². The summed E-state index contributed by atoms with van der Waals surface area (Å²) in [6, 6.07) is 7.43. The molecule has 3 heteroatoms. The summed E-state index contributed by atoms with van der Waals surface area (Å²) in [5.41, 5.74) is 4.66. The normalized spacial score (nSPS) is 27.1. The van der Waals surface area contributed by atoms with E-state index in [2.05, 4.69) is 56.4 Å². The number of fused-ring (bicyclic) bond motifs is 1. The van der Waals surface area contributed by atoms with Crippen molar-refractivity contribution in [2.45, 2.75) is 44.7 Å². The van der Waals surface area contributed by atoms with E-state index in [9.17, 15) is 0 Å². The second-order valence-corrected chi connectivity index (χ2v) is 7.47. The van der Waals surface area contributed by atoms with Gasteiger partial charge in [-0.25, -0.2) is 0 Å². The monoisotopic (exact) mass is 302 g/mol. The largest absolute Gasteiger partial charge is 0.381 e. The number of likely N-dealkylation sites (N-methyl/N-ethyl adjacent to an activating group) is 1. The molecule has 0 radical (unpaired) electrons. The molecule has 3 nitrogen and oxygen atoms in total. The van der Waals surface area contributed by atoms with E-state index in [1.165, 1.54) is 23.1 Å². The van der Waals surface area contributed by atoms with Gasteiger partial charge in [-0.2, -0.15) is 0 Å². The number of aryl methyl sites for hydroxylation is 1. The average molecular weight is 302 g/mol. The van der Waals surface area contributed by atoms with Crippen molar-refractivity contribution in [1.82, 2.24) is 10.2 Å². The fourth-order valence-corrected chi connectivity index (χ4v) is 4.11. The smallest absolute Gasteiger partial charge is 0.0484 e. The van der Waals surface area contributed by atoms with Crippen molar-refractivity contribution in [2.24, 2.45) is 5.92 Å². The lowest BCUT2D eigenvalue weighted by Crippen LogP contribution is -2.55. The molecule has 1 aliphatic heterocycles. The minimum atomic E-state index is 0.241. The van der Waals surface area contributed by atoms with Gasteiger partial charge in [-0.05, 0) is 57.3 Å². The van der Waals surface area contributed by atoms with Crippen molar-refractivity contribution in [3.8, 4) is 0 Å². The van der Waals surface area contributed by atoms with Crippen LogP contribution in [0.3, 0.4) is 0 Å². The van der Waals surface area contributed by atoms with Gasteiger partial charge in [0.1, 0.15) is 0 Å². The summed E-state index contributed by atoms with van der Waals surface area (Å²) in [7, 11) is 4.42. The topological polar surface area (TPSA) is 24.5 Å². The Morgan fingerprint density at radius 2 is 2.00 bits per heavy atom. The highest BCUT2D eigenvalue weighted by atomic mass is 16.5. The molecule has 0 spiro atoms. The van der Waals surface area contributed by atoms with Gasteiger partial charge < -0.3 is 15.0 Å². The summed E-state index contributed by atoms with van der Waals surface area (Å²) in [6.07, 6.45) is 3.44. The molecule has 0 aromatic heterocycles. The van der Waals surface area contributed by atoms with Crippen LogP contribution in [0.2, 0.25) is 0 Å². The molecule has 1 N–H and O–H groups in total. The Morgan fingerprint density at radius 3 is 2.68 bits per heavy atom. The first-order valence-electron chi connectivity index (χ1n) is 8.60. The van der Waals surface area contributed by atoms with Gasteiger partial charge in [-0.15, -0.1) is 0 Å². The van der Waals surface area contributed by atoms with E-state index in [1.54, 1.807) is 0 Å². The zero-order chi connectivity index (χ0) is 15.7. The van der Waals surface area contributed by atoms with Crippen LogP contribution in [0.25, 0.3) is 0 Å². The summed E-state index contributed by atoms with van der Waals surface area (Å²) < 4.78 is 5.59. The van der Waals surface area contributed by atoms with Crippen LogP contribution in [0.1, 0.15) is 42.5 Å². The van der Waals surface area contributed by atoms with Crippen molar-refractivity contribution >= 4 is 0 Å². The second kappa shape index (κ2) is 6.31. The van der Waals surface area contributed by atoms with Crippen LogP contribution in [0.4, 0.5) is 0 Å². The Labute approximate surface area is 135 Å². The zero-order valence-electron chi connectivity index (χ0n) is 14.5. The Kier molecular flexibility index (Phi) is 4.58. The number of benzene rings is 1. The SMILES string of the molecule is Cc1ccc2c(c1)[C@@H](NCC1(N(C)C)CCOCC1)[C@H](C)C2. The molecule has 1 aliphatic carbocycles. The third-order valence-electron chi connectivity index (χ3n) is 5.77. The molecule has 3 rings (SSSR count). The molecular formula is C19H30N2O. The van der Waals surface area contributed by atoms with Gasteiger partial charge in [-0.1, -0.05) is 30.7 Å². The lowest BCUT2D eigenvalue weighted by atomic mass is 9.87. The van der Waals surface area contributed by atoms with Gasteiger partial charge in [0.15, 0.2) is 0 Å². The summed E-state index contributed by atoms with van der Waals surface area (Å²) in [5, 5.41) is 3.91. The minimum absolute atomic E-state index is 0.241. The van der Waals surface area contributed by atoms with E-state index in [0.29, 0.717) is 12.0 Å². The molecule has 0 bridgehead atoms. The number of rotatable bonds is 4. The van der Waals surface area contributed by atoms with Gasteiger partial charge in [0, 0.05) is 31.3 Å². The highest BCUT2D eigenvalue weighted by Gasteiger charge is 2.37. The summed E-state index contributed by atoms with van der Waals surface area (Å²) in [6.45, 7) is 7.39. The quantitative estimate of drug-likeness (QED) is 0.925. The van der Waals surface area contributed by atoms with Crippen LogP contribution >= 0.6 is 0 Å². The van der Waals surface area contributed by atoms with Gasteiger partial charge in [0.25, 0.3) is 0 Å². The molecule has 1 saturated heterocycles. The van der Waals surface area contributed by atoms with E-state index < -0.39 is 0 Å². The standard InChI is InChI=1S/C19H30N2O/c1-14-5-6-16-12-15(2)18(17(16)11-14)20-13-19(21(3)4)7-9-22-10-8-19/h5-6,11,15,18,20H,7-10,12-13H2,1-4H3/t15-,18+/m1/s1. The lowest BCUT2D eigenvalue weighted by Gasteiger charge is -2.44. The van der Waals surface area contributed by atoms with Gasteiger partial charge in [0.2, 0.25) is 0 Å². The van der Waals surface area contributed by atoms with E-state index in [-0.39, 0.29) is 5.54 Å². The molecule has 1 aromatic rings. The highest BCUT2D eigenvalue weighted by molar-refractivity contribution is 5.38. The maximum Gasteiger partial charge on any atom is 0.0484 e. The number of hydrogen-bond donors (Lipinski definition) is 1. The first-order chi connectivity index (χ1) is 10.5. The molecule has 2 aliphatic rings. The average Bonchev–Trinajstić information content (AvgIpc) is 2.81. The first-order valence-corrected chi connectivity index (χ1v) is 8.60. The fourth-order valence-electron chi connectivity index (χ4n) is 4.11. The van der Waals surface area contributed by atoms with Crippen LogP contribution in [0, 0.1) is 12.8 Å². The number of hydrogen-bond acceptors (Lipinski definition) is 3. The van der Waals surface area contributed by atoms with Crippen molar-refractivity contribution in [1.29, 1.82) is 0 Å². The van der Waals surface area contributed by atoms with Crippen LogP contribution < -0.4 is 5.32 Å². The van der Waals surface area contributed by atoms with Gasteiger partial charge in [0.05, 0.1) is 0 Å².